The van der Waals surface area contributed by atoms with E-state index in [-0.39, 0.29) is 23.1 Å². The third-order valence-electron chi connectivity index (χ3n) is 4.36. The lowest BCUT2D eigenvalue weighted by Gasteiger charge is -2.13. The Balaban J connectivity index is 1.73. The van der Waals surface area contributed by atoms with Gasteiger partial charge < -0.3 is 15.6 Å². The standard InChI is InChI=1S/C20H23N5O4S/c1-13-11-17(24-29-13)23-18(27)12-30-20-22-15-8-5-4-7-14(15)19(28)25(20)10-6-2-3-9-16(21)26/h4-5,7-8,11H,2-3,6,9-10,12H2,1H3,(H2,21,26)(H,23,24,27). The number of amides is 2. The summed E-state index contributed by atoms with van der Waals surface area (Å²) in [6.45, 7) is 2.18. The number of primary amides is 1. The fourth-order valence-corrected chi connectivity index (χ4v) is 3.76. The predicted octanol–water partition coefficient (Wildman–Crippen LogP) is 2.47. The molecule has 0 radical (unpaired) electrons. The molecule has 0 saturated heterocycles. The molecule has 0 bridgehead atoms. The van der Waals surface area contributed by atoms with Crippen LogP contribution in [-0.2, 0) is 16.1 Å². The molecule has 9 nitrogen and oxygen atoms in total. The predicted molar refractivity (Wildman–Crippen MR) is 114 cm³/mol. The Labute approximate surface area is 177 Å². The number of benzene rings is 1. The average Bonchev–Trinajstić information content (AvgIpc) is 3.12. The highest BCUT2D eigenvalue weighted by atomic mass is 32.2. The van der Waals surface area contributed by atoms with Crippen LogP contribution in [0, 0.1) is 6.92 Å². The first-order chi connectivity index (χ1) is 14.4. The number of nitrogens with one attached hydrogen (secondary N) is 1. The Bertz CT molecular complexity index is 1110. The second-order valence-electron chi connectivity index (χ2n) is 6.80. The molecule has 0 aliphatic rings. The molecule has 2 amide bonds. The Morgan fingerprint density at radius 2 is 2.03 bits per heavy atom. The van der Waals surface area contributed by atoms with Gasteiger partial charge in [0.15, 0.2) is 11.0 Å². The van der Waals surface area contributed by atoms with Gasteiger partial charge in [0.2, 0.25) is 11.8 Å². The van der Waals surface area contributed by atoms with Crippen molar-refractivity contribution in [3.05, 3.63) is 46.4 Å². The van der Waals surface area contributed by atoms with Crippen LogP contribution in [0.2, 0.25) is 0 Å². The molecular weight excluding hydrogens is 406 g/mol. The van der Waals surface area contributed by atoms with Gasteiger partial charge in [-0.3, -0.25) is 19.0 Å². The quantitative estimate of drug-likeness (QED) is 0.287. The third kappa shape index (κ3) is 5.69. The summed E-state index contributed by atoms with van der Waals surface area (Å²) in [5, 5.41) is 7.39. The summed E-state index contributed by atoms with van der Waals surface area (Å²) in [7, 11) is 0. The van der Waals surface area contributed by atoms with Crippen molar-refractivity contribution < 1.29 is 14.1 Å². The molecule has 0 atom stereocenters. The zero-order valence-electron chi connectivity index (χ0n) is 16.6. The number of nitrogens with two attached hydrogens (primary N) is 1. The van der Waals surface area contributed by atoms with Crippen LogP contribution < -0.4 is 16.6 Å². The minimum absolute atomic E-state index is 0.0678. The van der Waals surface area contributed by atoms with Crippen LogP contribution in [0.3, 0.4) is 0 Å². The second-order valence-corrected chi connectivity index (χ2v) is 7.75. The largest absolute Gasteiger partial charge is 0.370 e. The zero-order chi connectivity index (χ0) is 21.5. The van der Waals surface area contributed by atoms with E-state index in [2.05, 4.69) is 15.5 Å². The number of nitrogens with zero attached hydrogens (tertiary/aromatic N) is 3. The molecule has 3 rings (SSSR count). The maximum absolute atomic E-state index is 13.0. The van der Waals surface area contributed by atoms with Crippen molar-refractivity contribution in [3.63, 3.8) is 0 Å². The number of fused-ring (bicyclic) bond motifs is 1. The van der Waals surface area contributed by atoms with E-state index in [1.165, 1.54) is 11.8 Å². The highest BCUT2D eigenvalue weighted by molar-refractivity contribution is 7.99. The second kappa shape index (κ2) is 10.1. The summed E-state index contributed by atoms with van der Waals surface area (Å²) in [5.74, 6) is 0.404. The van der Waals surface area contributed by atoms with E-state index in [9.17, 15) is 14.4 Å². The van der Waals surface area contributed by atoms with Crippen LogP contribution in [-0.4, -0.2) is 32.3 Å². The van der Waals surface area contributed by atoms with Gasteiger partial charge in [-0.25, -0.2) is 4.98 Å². The van der Waals surface area contributed by atoms with Crippen LogP contribution in [0.15, 0.2) is 44.8 Å². The summed E-state index contributed by atoms with van der Waals surface area (Å²) in [5.41, 5.74) is 5.60. The molecule has 30 heavy (non-hydrogen) atoms. The average molecular weight is 430 g/mol. The van der Waals surface area contributed by atoms with Gasteiger partial charge >= 0.3 is 0 Å². The van der Waals surface area contributed by atoms with Crippen LogP contribution >= 0.6 is 11.8 Å². The van der Waals surface area contributed by atoms with E-state index in [4.69, 9.17) is 10.3 Å². The van der Waals surface area contributed by atoms with E-state index in [1.807, 2.05) is 6.07 Å². The molecule has 0 aliphatic carbocycles. The van der Waals surface area contributed by atoms with Gasteiger partial charge in [0, 0.05) is 19.0 Å². The lowest BCUT2D eigenvalue weighted by atomic mass is 10.2. The number of para-hydroxylation sites is 1. The molecule has 1 aromatic carbocycles. The molecule has 0 unspecified atom stereocenters. The monoisotopic (exact) mass is 429 g/mol. The molecule has 0 fully saturated rings. The lowest BCUT2D eigenvalue weighted by Crippen LogP contribution is -2.24. The van der Waals surface area contributed by atoms with Crippen molar-refractivity contribution in [2.24, 2.45) is 5.73 Å². The number of carbonyl (C=O) groups is 2. The first kappa shape index (κ1) is 21.6. The summed E-state index contributed by atoms with van der Waals surface area (Å²) in [6, 6.07) is 8.75. The molecular formula is C20H23N5O4S. The van der Waals surface area contributed by atoms with Crippen LogP contribution in [0.4, 0.5) is 5.82 Å². The fourth-order valence-electron chi connectivity index (χ4n) is 2.94. The van der Waals surface area contributed by atoms with Crippen molar-refractivity contribution in [1.29, 1.82) is 0 Å². The van der Waals surface area contributed by atoms with Crippen molar-refractivity contribution >= 4 is 40.3 Å². The number of rotatable bonds is 10. The van der Waals surface area contributed by atoms with Crippen LogP contribution in [0.1, 0.15) is 31.4 Å². The van der Waals surface area contributed by atoms with Gasteiger partial charge in [-0.1, -0.05) is 35.5 Å². The highest BCUT2D eigenvalue weighted by Gasteiger charge is 2.14. The summed E-state index contributed by atoms with van der Waals surface area (Å²) in [6.07, 6.45) is 2.46. The molecule has 3 aromatic rings. The molecule has 3 N–H and O–H groups in total. The molecule has 0 aliphatic heterocycles. The Hall–Kier alpha value is -3.14. The van der Waals surface area contributed by atoms with Gasteiger partial charge in [-0.15, -0.1) is 0 Å². The topological polar surface area (TPSA) is 133 Å². The van der Waals surface area contributed by atoms with Gasteiger partial charge in [-0.2, -0.15) is 0 Å². The molecule has 158 valence electrons. The Morgan fingerprint density at radius 1 is 1.23 bits per heavy atom. The van der Waals surface area contributed by atoms with E-state index in [1.54, 1.807) is 35.8 Å². The van der Waals surface area contributed by atoms with Gasteiger partial charge in [0.25, 0.3) is 5.56 Å². The smallest absolute Gasteiger partial charge is 0.262 e. The normalized spacial score (nSPS) is 11.0. The first-order valence-corrected chi connectivity index (χ1v) is 10.6. The van der Waals surface area contributed by atoms with Gasteiger partial charge in [0.05, 0.1) is 16.7 Å². The van der Waals surface area contributed by atoms with Crippen molar-refractivity contribution in [1.82, 2.24) is 14.7 Å². The molecule has 2 heterocycles. The van der Waals surface area contributed by atoms with E-state index in [0.717, 1.165) is 6.42 Å². The third-order valence-corrected chi connectivity index (χ3v) is 5.34. The summed E-state index contributed by atoms with van der Waals surface area (Å²) < 4.78 is 6.52. The maximum Gasteiger partial charge on any atom is 0.262 e. The van der Waals surface area contributed by atoms with Crippen molar-refractivity contribution in [2.45, 2.75) is 44.3 Å². The number of hydrogen-bond donors (Lipinski definition) is 2. The van der Waals surface area contributed by atoms with E-state index < -0.39 is 0 Å². The van der Waals surface area contributed by atoms with E-state index in [0.29, 0.717) is 53.4 Å². The summed E-state index contributed by atoms with van der Waals surface area (Å²) in [4.78, 5) is 40.7. The molecule has 10 heteroatoms. The number of unbranched alkanes of at least 4 members (excludes halogenated alkanes) is 2. The van der Waals surface area contributed by atoms with Crippen molar-refractivity contribution in [3.8, 4) is 0 Å². The summed E-state index contributed by atoms with van der Waals surface area (Å²) >= 11 is 1.19. The fraction of sp³-hybridized carbons (Fsp3) is 0.350. The number of aromatic nitrogens is 3. The lowest BCUT2D eigenvalue weighted by molar-refractivity contribution is -0.118. The van der Waals surface area contributed by atoms with Crippen molar-refractivity contribution in [2.75, 3.05) is 11.1 Å². The van der Waals surface area contributed by atoms with Crippen LogP contribution in [0.25, 0.3) is 10.9 Å². The Kier molecular flexibility index (Phi) is 7.23. The van der Waals surface area contributed by atoms with E-state index >= 15 is 0 Å². The van der Waals surface area contributed by atoms with Crippen LogP contribution in [0.5, 0.6) is 0 Å². The maximum atomic E-state index is 13.0. The number of carbonyl (C=O) groups excluding carboxylic acids is 2. The van der Waals surface area contributed by atoms with Gasteiger partial charge in [0.1, 0.15) is 5.76 Å². The Morgan fingerprint density at radius 3 is 2.77 bits per heavy atom. The first-order valence-electron chi connectivity index (χ1n) is 9.58. The highest BCUT2D eigenvalue weighted by Crippen LogP contribution is 2.19. The zero-order valence-corrected chi connectivity index (χ0v) is 17.4. The molecule has 0 saturated carbocycles. The number of hydrogen-bond acceptors (Lipinski definition) is 7. The molecule has 0 spiro atoms. The minimum Gasteiger partial charge on any atom is -0.370 e. The number of aryl methyl sites for hydroxylation is 1. The molecule has 2 aromatic heterocycles. The number of anilines is 1. The van der Waals surface area contributed by atoms with Gasteiger partial charge in [-0.05, 0) is 31.9 Å². The minimum atomic E-state index is -0.330. The SMILES string of the molecule is Cc1cc(NC(=O)CSc2nc3ccccc3c(=O)n2CCCCCC(N)=O)no1. The number of thioether (sulfide) groups is 1.